The van der Waals surface area contributed by atoms with Crippen LogP contribution in [0.1, 0.15) is 16.5 Å². The maximum Gasteiger partial charge on any atom is 0.120 e. The first-order valence-corrected chi connectivity index (χ1v) is 7.02. The Kier molecular flexibility index (Phi) is 4.98. The molecule has 0 saturated heterocycles. The van der Waals surface area contributed by atoms with Crippen LogP contribution in [0.4, 0.5) is 0 Å². The zero-order valence-corrected chi connectivity index (χ0v) is 12.6. The lowest BCUT2D eigenvalue weighted by Crippen LogP contribution is -1.98. The summed E-state index contributed by atoms with van der Waals surface area (Å²) >= 11 is 18.8. The number of alkyl halides is 1. The third kappa shape index (κ3) is 3.56. The van der Waals surface area contributed by atoms with Crippen LogP contribution in [-0.2, 0) is 6.42 Å². The Hall–Kier alpha value is -0.890. The Balaban J connectivity index is 2.21. The van der Waals surface area contributed by atoms with Gasteiger partial charge < -0.3 is 4.74 Å². The van der Waals surface area contributed by atoms with Crippen LogP contribution in [0.25, 0.3) is 0 Å². The second-order valence-corrected chi connectivity index (χ2v) is 5.49. The van der Waals surface area contributed by atoms with Gasteiger partial charge in [-0.15, -0.1) is 11.6 Å². The second kappa shape index (κ2) is 6.51. The summed E-state index contributed by atoms with van der Waals surface area (Å²) in [4.78, 5) is 0. The van der Waals surface area contributed by atoms with Crippen LogP contribution in [0.2, 0.25) is 10.0 Å². The summed E-state index contributed by atoms with van der Waals surface area (Å²) < 4.78 is 5.12. The third-order valence-electron chi connectivity index (χ3n) is 2.90. The number of hydrogen-bond acceptors (Lipinski definition) is 1. The van der Waals surface area contributed by atoms with Gasteiger partial charge in [-0.1, -0.05) is 47.5 Å². The van der Waals surface area contributed by atoms with Crippen molar-refractivity contribution in [3.05, 3.63) is 63.6 Å². The minimum atomic E-state index is -0.224. The summed E-state index contributed by atoms with van der Waals surface area (Å²) in [6.07, 6.45) is 0.632. The quantitative estimate of drug-likeness (QED) is 0.675. The Morgan fingerprint density at radius 1 is 1.05 bits per heavy atom. The molecule has 100 valence electrons. The molecular weight excluding hydrogens is 303 g/mol. The molecule has 0 aliphatic heterocycles. The van der Waals surface area contributed by atoms with Crippen molar-refractivity contribution in [2.75, 3.05) is 7.11 Å². The number of halogens is 3. The number of benzene rings is 2. The molecule has 1 nitrogen and oxygen atoms in total. The Morgan fingerprint density at radius 2 is 1.79 bits per heavy atom. The van der Waals surface area contributed by atoms with Crippen LogP contribution in [0, 0.1) is 0 Å². The van der Waals surface area contributed by atoms with E-state index in [1.54, 1.807) is 13.2 Å². The van der Waals surface area contributed by atoms with Crippen molar-refractivity contribution >= 4 is 34.8 Å². The maximum absolute atomic E-state index is 6.43. The van der Waals surface area contributed by atoms with E-state index < -0.39 is 0 Å². The minimum Gasteiger partial charge on any atom is -0.497 e. The standard InChI is InChI=1S/C15H13Cl3O/c1-19-11-6-7-12(15(18)9-11)14(17)8-10-4-2-3-5-13(10)16/h2-7,9,14H,8H2,1H3. The van der Waals surface area contributed by atoms with Gasteiger partial charge in [-0.2, -0.15) is 0 Å². The molecule has 0 amide bonds. The fourth-order valence-electron chi connectivity index (χ4n) is 1.86. The van der Waals surface area contributed by atoms with Crippen LogP contribution < -0.4 is 4.74 Å². The van der Waals surface area contributed by atoms with E-state index in [1.165, 1.54) is 0 Å². The van der Waals surface area contributed by atoms with E-state index in [2.05, 4.69) is 0 Å². The molecule has 4 heteroatoms. The Morgan fingerprint density at radius 3 is 2.42 bits per heavy atom. The van der Waals surface area contributed by atoms with Crippen LogP contribution in [0.15, 0.2) is 42.5 Å². The lowest BCUT2D eigenvalue weighted by atomic mass is 10.0. The molecule has 2 aromatic rings. The first-order valence-electron chi connectivity index (χ1n) is 5.82. The fourth-order valence-corrected chi connectivity index (χ4v) is 2.78. The van der Waals surface area contributed by atoms with Crippen LogP contribution in [-0.4, -0.2) is 7.11 Å². The number of methoxy groups -OCH3 is 1. The summed E-state index contributed by atoms with van der Waals surface area (Å²) in [5, 5.41) is 1.10. The summed E-state index contributed by atoms with van der Waals surface area (Å²) in [6, 6.07) is 13.2. The first-order chi connectivity index (χ1) is 9.11. The molecule has 0 bridgehead atoms. The van der Waals surface area contributed by atoms with Crippen molar-refractivity contribution in [2.45, 2.75) is 11.8 Å². The smallest absolute Gasteiger partial charge is 0.120 e. The largest absolute Gasteiger partial charge is 0.497 e. The molecule has 19 heavy (non-hydrogen) atoms. The predicted molar refractivity (Wildman–Crippen MR) is 81.8 cm³/mol. The predicted octanol–water partition coefficient (Wildman–Crippen LogP) is 5.52. The van der Waals surface area contributed by atoms with Crippen molar-refractivity contribution in [3.63, 3.8) is 0 Å². The molecule has 0 heterocycles. The minimum absolute atomic E-state index is 0.224. The number of rotatable bonds is 4. The van der Waals surface area contributed by atoms with E-state index in [0.29, 0.717) is 11.4 Å². The molecule has 1 unspecified atom stereocenters. The van der Waals surface area contributed by atoms with Gasteiger partial charge in [0.15, 0.2) is 0 Å². The molecule has 0 spiro atoms. The maximum atomic E-state index is 6.43. The van der Waals surface area contributed by atoms with Crippen molar-refractivity contribution in [1.29, 1.82) is 0 Å². The molecule has 0 fully saturated rings. The lowest BCUT2D eigenvalue weighted by molar-refractivity contribution is 0.414. The summed E-state index contributed by atoms with van der Waals surface area (Å²) in [7, 11) is 1.60. The van der Waals surface area contributed by atoms with Gasteiger partial charge >= 0.3 is 0 Å². The van der Waals surface area contributed by atoms with Crippen LogP contribution in [0.5, 0.6) is 5.75 Å². The SMILES string of the molecule is COc1ccc(C(Cl)Cc2ccccc2Cl)c(Cl)c1. The average Bonchev–Trinajstić information content (AvgIpc) is 2.41. The first kappa shape index (κ1) is 14.5. The number of ether oxygens (including phenoxy) is 1. The van der Waals surface area contributed by atoms with E-state index in [9.17, 15) is 0 Å². The highest BCUT2D eigenvalue weighted by Gasteiger charge is 2.14. The molecule has 0 aliphatic rings. The van der Waals surface area contributed by atoms with E-state index in [1.807, 2.05) is 36.4 Å². The van der Waals surface area contributed by atoms with Crippen LogP contribution >= 0.6 is 34.8 Å². The van der Waals surface area contributed by atoms with Gasteiger partial charge in [-0.3, -0.25) is 0 Å². The fraction of sp³-hybridized carbons (Fsp3) is 0.200. The second-order valence-electron chi connectivity index (χ2n) is 4.15. The monoisotopic (exact) mass is 314 g/mol. The van der Waals surface area contributed by atoms with Crippen LogP contribution in [0.3, 0.4) is 0 Å². The number of hydrogen-bond donors (Lipinski definition) is 0. The molecular formula is C15H13Cl3O. The van der Waals surface area contributed by atoms with E-state index in [-0.39, 0.29) is 5.38 Å². The molecule has 0 aromatic heterocycles. The molecule has 2 aromatic carbocycles. The van der Waals surface area contributed by atoms with Crippen molar-refractivity contribution in [3.8, 4) is 5.75 Å². The van der Waals surface area contributed by atoms with E-state index >= 15 is 0 Å². The topological polar surface area (TPSA) is 9.23 Å². The van der Waals surface area contributed by atoms with Gasteiger partial charge in [0.2, 0.25) is 0 Å². The van der Waals surface area contributed by atoms with E-state index in [4.69, 9.17) is 39.5 Å². The molecule has 1 atom stereocenters. The highest BCUT2D eigenvalue weighted by molar-refractivity contribution is 6.33. The van der Waals surface area contributed by atoms with Gasteiger partial charge in [0.25, 0.3) is 0 Å². The average molecular weight is 316 g/mol. The molecule has 0 N–H and O–H groups in total. The van der Waals surface area contributed by atoms with E-state index in [0.717, 1.165) is 21.9 Å². The van der Waals surface area contributed by atoms with Gasteiger partial charge in [-0.05, 0) is 35.7 Å². The van der Waals surface area contributed by atoms with Crippen molar-refractivity contribution in [2.24, 2.45) is 0 Å². The zero-order chi connectivity index (χ0) is 13.8. The summed E-state index contributed by atoms with van der Waals surface area (Å²) in [5.41, 5.74) is 1.89. The van der Waals surface area contributed by atoms with Gasteiger partial charge in [0, 0.05) is 10.0 Å². The molecule has 0 saturated carbocycles. The summed E-state index contributed by atoms with van der Waals surface area (Å²) in [5.74, 6) is 0.718. The molecule has 0 aliphatic carbocycles. The third-order valence-corrected chi connectivity index (χ3v) is 3.99. The lowest BCUT2D eigenvalue weighted by Gasteiger charge is -2.13. The summed E-state index contributed by atoms with van der Waals surface area (Å²) in [6.45, 7) is 0. The van der Waals surface area contributed by atoms with Gasteiger partial charge in [-0.25, -0.2) is 0 Å². The molecule has 2 rings (SSSR count). The Bertz CT molecular complexity index is 569. The zero-order valence-electron chi connectivity index (χ0n) is 10.4. The van der Waals surface area contributed by atoms with Gasteiger partial charge in [0.1, 0.15) is 5.75 Å². The van der Waals surface area contributed by atoms with Crippen molar-refractivity contribution < 1.29 is 4.74 Å². The van der Waals surface area contributed by atoms with Gasteiger partial charge in [0.05, 0.1) is 12.5 Å². The Labute approximate surface area is 128 Å². The highest BCUT2D eigenvalue weighted by atomic mass is 35.5. The highest BCUT2D eigenvalue weighted by Crippen LogP contribution is 2.34. The molecule has 0 radical (unpaired) electrons. The van der Waals surface area contributed by atoms with Crippen molar-refractivity contribution in [1.82, 2.24) is 0 Å². The normalized spacial score (nSPS) is 12.2.